The number of hydrogen-bond donors (Lipinski definition) is 2. The number of nitrogens with one attached hydrogen (secondary N) is 2. The first kappa shape index (κ1) is 8.86. The Balaban J connectivity index is 2.89. The van der Waals surface area contributed by atoms with Crippen molar-refractivity contribution in [2.24, 2.45) is 0 Å². The molecule has 1 aromatic carbocycles. The van der Waals surface area contributed by atoms with E-state index >= 15 is 0 Å². The zero-order chi connectivity index (χ0) is 10.3. The van der Waals surface area contributed by atoms with Gasteiger partial charge in [0.2, 0.25) is 0 Å². The Bertz CT molecular complexity index is 523. The van der Waals surface area contributed by atoms with Gasteiger partial charge in [-0.05, 0) is 12.1 Å². The van der Waals surface area contributed by atoms with Crippen LogP contribution in [-0.2, 0) is 6.18 Å². The summed E-state index contributed by atoms with van der Waals surface area (Å²) in [5.41, 5.74) is -1.52. The number of aromatic amines is 2. The van der Waals surface area contributed by atoms with Crippen molar-refractivity contribution in [2.75, 3.05) is 0 Å². The minimum absolute atomic E-state index is 0.157. The first-order valence-electron chi connectivity index (χ1n) is 3.77. The highest BCUT2D eigenvalue weighted by Gasteiger charge is 2.33. The number of fused-ring (bicyclic) bond motifs is 1. The molecule has 0 unspecified atom stereocenters. The van der Waals surface area contributed by atoms with E-state index in [0.717, 1.165) is 6.07 Å². The van der Waals surface area contributed by atoms with Crippen LogP contribution >= 0.6 is 0 Å². The lowest BCUT2D eigenvalue weighted by Gasteiger charge is -2.05. The highest BCUT2D eigenvalue weighted by Crippen LogP contribution is 2.32. The molecule has 0 saturated carbocycles. The summed E-state index contributed by atoms with van der Waals surface area (Å²) in [6, 6.07) is 3.53. The zero-order valence-electron chi connectivity index (χ0n) is 6.77. The van der Waals surface area contributed by atoms with E-state index in [0.29, 0.717) is 0 Å². The number of benzene rings is 1. The average Bonchev–Trinajstić information content (AvgIpc) is 2.46. The van der Waals surface area contributed by atoms with Crippen LogP contribution in [0.1, 0.15) is 5.56 Å². The first-order valence-corrected chi connectivity index (χ1v) is 3.77. The molecule has 0 bridgehead atoms. The molecule has 2 aromatic rings. The van der Waals surface area contributed by atoms with Gasteiger partial charge in [-0.2, -0.15) is 13.2 Å². The van der Waals surface area contributed by atoms with Crippen LogP contribution < -0.4 is 5.56 Å². The summed E-state index contributed by atoms with van der Waals surface area (Å²) in [4.78, 5) is 11.1. The Morgan fingerprint density at radius 1 is 1.14 bits per heavy atom. The Morgan fingerprint density at radius 3 is 2.50 bits per heavy atom. The van der Waals surface area contributed by atoms with Gasteiger partial charge in [-0.15, -0.1) is 0 Å². The normalized spacial score (nSPS) is 12.2. The monoisotopic (exact) mass is 202 g/mol. The van der Waals surface area contributed by atoms with Crippen molar-refractivity contribution < 1.29 is 13.2 Å². The second-order valence-corrected chi connectivity index (χ2v) is 2.81. The van der Waals surface area contributed by atoms with Gasteiger partial charge in [0.25, 0.3) is 5.56 Å². The SMILES string of the molecule is O=c1[nH][nH]c2cccc(C(F)(F)F)c12. The van der Waals surface area contributed by atoms with Crippen LogP contribution in [0.4, 0.5) is 13.2 Å². The van der Waals surface area contributed by atoms with Crippen molar-refractivity contribution in [1.29, 1.82) is 0 Å². The third-order valence-corrected chi connectivity index (χ3v) is 1.91. The lowest BCUT2D eigenvalue weighted by molar-refractivity contribution is -0.136. The van der Waals surface area contributed by atoms with Crippen LogP contribution in [0.25, 0.3) is 10.9 Å². The second kappa shape index (κ2) is 2.63. The summed E-state index contributed by atoms with van der Waals surface area (Å²) in [6.07, 6.45) is -4.51. The van der Waals surface area contributed by atoms with E-state index in [1.54, 1.807) is 0 Å². The molecule has 1 heterocycles. The molecule has 0 aliphatic carbocycles. The maximum Gasteiger partial charge on any atom is 0.417 e. The van der Waals surface area contributed by atoms with Gasteiger partial charge in [-0.3, -0.25) is 15.0 Å². The highest BCUT2D eigenvalue weighted by atomic mass is 19.4. The van der Waals surface area contributed by atoms with Crippen molar-refractivity contribution in [3.63, 3.8) is 0 Å². The minimum Gasteiger partial charge on any atom is -0.298 e. The van der Waals surface area contributed by atoms with Crippen molar-refractivity contribution >= 4 is 10.9 Å². The molecule has 0 aliphatic rings. The van der Waals surface area contributed by atoms with Crippen molar-refractivity contribution in [3.8, 4) is 0 Å². The van der Waals surface area contributed by atoms with Gasteiger partial charge in [0.05, 0.1) is 16.5 Å². The zero-order valence-corrected chi connectivity index (χ0v) is 6.77. The van der Waals surface area contributed by atoms with E-state index in [4.69, 9.17) is 0 Å². The molecule has 0 atom stereocenters. The fourth-order valence-corrected chi connectivity index (χ4v) is 1.32. The molecule has 2 rings (SSSR count). The number of H-pyrrole nitrogens is 2. The van der Waals surface area contributed by atoms with E-state index in [2.05, 4.69) is 10.2 Å². The molecular formula is C8H5F3N2O. The lowest BCUT2D eigenvalue weighted by atomic mass is 10.1. The summed E-state index contributed by atoms with van der Waals surface area (Å²) in [6.45, 7) is 0. The summed E-state index contributed by atoms with van der Waals surface area (Å²) in [5.74, 6) is 0. The lowest BCUT2D eigenvalue weighted by Crippen LogP contribution is -2.10. The van der Waals surface area contributed by atoms with E-state index < -0.39 is 17.3 Å². The van der Waals surface area contributed by atoms with Gasteiger partial charge >= 0.3 is 6.18 Å². The number of aromatic nitrogens is 2. The topological polar surface area (TPSA) is 48.6 Å². The molecule has 0 fully saturated rings. The number of halogens is 3. The molecule has 14 heavy (non-hydrogen) atoms. The van der Waals surface area contributed by atoms with Crippen molar-refractivity contribution in [2.45, 2.75) is 6.18 Å². The van der Waals surface area contributed by atoms with Crippen LogP contribution in [0.5, 0.6) is 0 Å². The number of alkyl halides is 3. The van der Waals surface area contributed by atoms with Crippen molar-refractivity contribution in [3.05, 3.63) is 34.1 Å². The summed E-state index contributed by atoms with van der Waals surface area (Å²) in [5, 5.41) is 4.12. The highest BCUT2D eigenvalue weighted by molar-refractivity contribution is 5.81. The molecule has 3 nitrogen and oxygen atoms in total. The molecule has 0 saturated heterocycles. The molecule has 2 N–H and O–H groups in total. The maximum absolute atomic E-state index is 12.4. The van der Waals surface area contributed by atoms with Gasteiger partial charge in [-0.1, -0.05) is 6.07 Å². The van der Waals surface area contributed by atoms with Gasteiger partial charge < -0.3 is 0 Å². The van der Waals surface area contributed by atoms with Crippen LogP contribution in [0, 0.1) is 0 Å². The van der Waals surface area contributed by atoms with E-state index in [9.17, 15) is 18.0 Å². The fraction of sp³-hybridized carbons (Fsp3) is 0.125. The number of hydrogen-bond acceptors (Lipinski definition) is 1. The van der Waals surface area contributed by atoms with Crippen LogP contribution in [0.3, 0.4) is 0 Å². The van der Waals surface area contributed by atoms with Crippen LogP contribution in [0.15, 0.2) is 23.0 Å². The van der Waals surface area contributed by atoms with E-state index in [1.165, 1.54) is 12.1 Å². The first-order chi connectivity index (χ1) is 6.50. The largest absolute Gasteiger partial charge is 0.417 e. The van der Waals surface area contributed by atoms with E-state index in [1.807, 2.05) is 0 Å². The van der Waals surface area contributed by atoms with Gasteiger partial charge in [0.15, 0.2) is 0 Å². The summed E-state index contributed by atoms with van der Waals surface area (Å²) in [7, 11) is 0. The van der Waals surface area contributed by atoms with Gasteiger partial charge in [0, 0.05) is 0 Å². The molecule has 0 radical (unpaired) electrons. The Hall–Kier alpha value is -1.72. The molecular weight excluding hydrogens is 197 g/mol. The molecule has 74 valence electrons. The molecule has 0 spiro atoms. The van der Waals surface area contributed by atoms with E-state index in [-0.39, 0.29) is 10.9 Å². The van der Waals surface area contributed by atoms with Crippen molar-refractivity contribution in [1.82, 2.24) is 10.2 Å². The smallest absolute Gasteiger partial charge is 0.298 e. The summed E-state index contributed by atoms with van der Waals surface area (Å²) >= 11 is 0. The minimum atomic E-state index is -4.51. The number of rotatable bonds is 0. The van der Waals surface area contributed by atoms with Crippen LogP contribution in [0.2, 0.25) is 0 Å². The molecule has 0 amide bonds. The third-order valence-electron chi connectivity index (χ3n) is 1.91. The van der Waals surface area contributed by atoms with Gasteiger partial charge in [-0.25, -0.2) is 0 Å². The standard InChI is InChI=1S/C8H5F3N2O/c9-8(10,11)4-2-1-3-5-6(4)7(14)13-12-5/h1-3H,(H2,12,13,14). The predicted molar refractivity (Wildman–Crippen MR) is 43.9 cm³/mol. The Labute approximate surface area is 75.5 Å². The quantitative estimate of drug-likeness (QED) is 0.673. The summed E-state index contributed by atoms with van der Waals surface area (Å²) < 4.78 is 37.2. The van der Waals surface area contributed by atoms with Crippen LogP contribution in [-0.4, -0.2) is 10.2 Å². The Morgan fingerprint density at radius 2 is 1.86 bits per heavy atom. The molecule has 0 aliphatic heterocycles. The molecule has 1 aromatic heterocycles. The Kier molecular flexibility index (Phi) is 1.67. The van der Waals surface area contributed by atoms with Gasteiger partial charge in [0.1, 0.15) is 0 Å². The average molecular weight is 202 g/mol. The third kappa shape index (κ3) is 1.19. The predicted octanol–water partition coefficient (Wildman–Crippen LogP) is 1.87. The maximum atomic E-state index is 12.4. The fourth-order valence-electron chi connectivity index (χ4n) is 1.32. The second-order valence-electron chi connectivity index (χ2n) is 2.81. The molecule has 6 heteroatoms.